The van der Waals surface area contributed by atoms with Crippen LogP contribution in [0.25, 0.3) is 0 Å². The van der Waals surface area contributed by atoms with Crippen LogP contribution < -0.4 is 5.32 Å². The third-order valence-electron chi connectivity index (χ3n) is 5.52. The van der Waals surface area contributed by atoms with Crippen LogP contribution in [0.3, 0.4) is 0 Å². The first-order valence-electron chi connectivity index (χ1n) is 8.73. The van der Waals surface area contributed by atoms with E-state index in [4.69, 9.17) is 0 Å². The van der Waals surface area contributed by atoms with Gasteiger partial charge in [-0.05, 0) is 64.3 Å². The molecule has 3 rings (SSSR count). The van der Waals surface area contributed by atoms with Gasteiger partial charge in [0.15, 0.2) is 0 Å². The highest BCUT2D eigenvalue weighted by Gasteiger charge is 2.42. The normalized spacial score (nSPS) is 21.8. The number of amides is 1. The van der Waals surface area contributed by atoms with E-state index >= 15 is 0 Å². The highest BCUT2D eigenvalue weighted by atomic mass is 16.2. The smallest absolute Gasteiger partial charge is 0.244 e. The summed E-state index contributed by atoms with van der Waals surface area (Å²) in [6, 6.07) is 8.17. The van der Waals surface area contributed by atoms with Crippen molar-refractivity contribution in [1.82, 2.24) is 15.1 Å². The van der Waals surface area contributed by atoms with Crippen LogP contribution in [0.4, 0.5) is 0 Å². The lowest BCUT2D eigenvalue weighted by molar-refractivity contribution is -0.135. The first-order valence-corrected chi connectivity index (χ1v) is 8.73. The molecule has 4 heteroatoms. The van der Waals surface area contributed by atoms with Crippen molar-refractivity contribution >= 4 is 5.91 Å². The van der Waals surface area contributed by atoms with Crippen molar-refractivity contribution in [2.45, 2.75) is 32.2 Å². The van der Waals surface area contributed by atoms with Gasteiger partial charge < -0.3 is 10.2 Å². The van der Waals surface area contributed by atoms with E-state index in [1.54, 1.807) is 0 Å². The van der Waals surface area contributed by atoms with Crippen LogP contribution in [0.5, 0.6) is 0 Å². The van der Waals surface area contributed by atoms with Crippen molar-refractivity contribution in [2.75, 3.05) is 40.3 Å². The molecule has 2 fully saturated rings. The van der Waals surface area contributed by atoms with Gasteiger partial charge in [-0.2, -0.15) is 0 Å². The molecule has 1 spiro atoms. The van der Waals surface area contributed by atoms with Crippen LogP contribution in [0.1, 0.15) is 36.4 Å². The summed E-state index contributed by atoms with van der Waals surface area (Å²) in [7, 11) is 4.00. The molecule has 1 amide bonds. The summed E-state index contributed by atoms with van der Waals surface area (Å²) in [5.41, 5.74) is 2.68. The number of carbonyl (C=O) groups excluding carboxylic acids is 1. The van der Waals surface area contributed by atoms with Crippen LogP contribution in [0.15, 0.2) is 24.3 Å². The Morgan fingerprint density at radius 2 is 2.00 bits per heavy atom. The van der Waals surface area contributed by atoms with Gasteiger partial charge >= 0.3 is 0 Å². The maximum atomic E-state index is 13.2. The van der Waals surface area contributed by atoms with E-state index in [0.717, 1.165) is 38.2 Å². The zero-order valence-electron chi connectivity index (χ0n) is 14.6. The molecule has 1 N–H and O–H groups in total. The molecule has 0 aromatic heterocycles. The number of benzene rings is 1. The van der Waals surface area contributed by atoms with Crippen LogP contribution in [0, 0.1) is 12.3 Å². The highest BCUT2D eigenvalue weighted by molar-refractivity contribution is 5.83. The van der Waals surface area contributed by atoms with Gasteiger partial charge in [0.2, 0.25) is 5.91 Å². The first-order chi connectivity index (χ1) is 11.0. The van der Waals surface area contributed by atoms with E-state index in [1.807, 2.05) is 25.1 Å². The molecular formula is C19H29N3O. The number of piperidine rings is 1. The summed E-state index contributed by atoms with van der Waals surface area (Å²) in [6.07, 6.45) is 3.57. The summed E-state index contributed by atoms with van der Waals surface area (Å²) in [5.74, 6) is 0.260. The molecule has 0 saturated carbocycles. The molecule has 1 aromatic carbocycles. The third kappa shape index (κ3) is 3.43. The van der Waals surface area contributed by atoms with Crippen LogP contribution >= 0.6 is 0 Å². The van der Waals surface area contributed by atoms with E-state index in [9.17, 15) is 4.79 Å². The first kappa shape index (κ1) is 16.5. The van der Waals surface area contributed by atoms with Crippen LogP contribution in [-0.2, 0) is 4.79 Å². The van der Waals surface area contributed by atoms with Crippen molar-refractivity contribution < 1.29 is 4.79 Å². The summed E-state index contributed by atoms with van der Waals surface area (Å²) < 4.78 is 0. The molecule has 1 atom stereocenters. The Balaban J connectivity index is 1.77. The Bertz CT molecular complexity index is 563. The number of likely N-dealkylation sites (tertiary alicyclic amines) is 1. The SMILES string of the molecule is Cc1cccc([C@@H](C(=O)N2CCC3(CCNCC3)C2)N(C)C)c1. The number of likely N-dealkylation sites (N-methyl/N-ethyl adjacent to an activating group) is 1. The summed E-state index contributed by atoms with van der Waals surface area (Å²) >= 11 is 0. The fourth-order valence-electron chi connectivity index (χ4n) is 4.16. The van der Waals surface area contributed by atoms with Gasteiger partial charge in [0.25, 0.3) is 0 Å². The molecule has 0 bridgehead atoms. The third-order valence-corrected chi connectivity index (χ3v) is 5.52. The fourth-order valence-corrected chi connectivity index (χ4v) is 4.16. The standard InChI is InChI=1S/C19H29N3O/c1-15-5-4-6-16(13-15)17(21(2)3)18(23)22-12-9-19(14-22)7-10-20-11-8-19/h4-6,13,17,20H,7-12,14H2,1-3H3/t17-/m0/s1. The highest BCUT2D eigenvalue weighted by Crippen LogP contribution is 2.39. The second-order valence-electron chi connectivity index (χ2n) is 7.54. The second-order valence-corrected chi connectivity index (χ2v) is 7.54. The number of hydrogen-bond donors (Lipinski definition) is 1. The lowest BCUT2D eigenvalue weighted by Gasteiger charge is -2.35. The molecule has 1 aromatic rings. The fraction of sp³-hybridized carbons (Fsp3) is 0.632. The van der Waals surface area contributed by atoms with Crippen molar-refractivity contribution in [3.8, 4) is 0 Å². The monoisotopic (exact) mass is 315 g/mol. The van der Waals surface area contributed by atoms with Gasteiger partial charge in [-0.15, -0.1) is 0 Å². The van der Waals surface area contributed by atoms with Crippen molar-refractivity contribution in [2.24, 2.45) is 5.41 Å². The number of nitrogens with zero attached hydrogens (tertiary/aromatic N) is 2. The molecule has 23 heavy (non-hydrogen) atoms. The molecule has 126 valence electrons. The average Bonchev–Trinajstić information content (AvgIpc) is 2.91. The quantitative estimate of drug-likeness (QED) is 0.929. The van der Waals surface area contributed by atoms with E-state index in [-0.39, 0.29) is 11.9 Å². The Morgan fingerprint density at radius 1 is 1.26 bits per heavy atom. The lowest BCUT2D eigenvalue weighted by Crippen LogP contribution is -2.43. The number of aryl methyl sites for hydroxylation is 1. The Labute approximate surface area is 139 Å². The van der Waals surface area contributed by atoms with Crippen molar-refractivity contribution in [1.29, 1.82) is 0 Å². The molecule has 0 aliphatic carbocycles. The van der Waals surface area contributed by atoms with Crippen molar-refractivity contribution in [3.05, 3.63) is 35.4 Å². The lowest BCUT2D eigenvalue weighted by atomic mass is 9.78. The summed E-state index contributed by atoms with van der Waals surface area (Å²) in [5, 5.41) is 3.44. The second kappa shape index (κ2) is 6.62. The van der Waals surface area contributed by atoms with Gasteiger partial charge in [-0.3, -0.25) is 9.69 Å². The predicted octanol–water partition coefficient (Wildman–Crippen LogP) is 2.20. The topological polar surface area (TPSA) is 35.6 Å². The number of nitrogens with one attached hydrogen (secondary N) is 1. The zero-order valence-corrected chi connectivity index (χ0v) is 14.6. The Kier molecular flexibility index (Phi) is 4.74. The minimum atomic E-state index is -0.174. The molecule has 4 nitrogen and oxygen atoms in total. The minimum absolute atomic E-state index is 0.174. The van der Waals surface area contributed by atoms with Gasteiger partial charge in [-0.1, -0.05) is 29.8 Å². The zero-order chi connectivity index (χ0) is 16.4. The molecule has 2 aliphatic heterocycles. The van der Waals surface area contributed by atoms with Gasteiger partial charge in [0.05, 0.1) is 0 Å². The summed E-state index contributed by atoms with van der Waals surface area (Å²) in [6.45, 7) is 6.12. The number of hydrogen-bond acceptors (Lipinski definition) is 3. The minimum Gasteiger partial charge on any atom is -0.340 e. The molecular weight excluding hydrogens is 286 g/mol. The van der Waals surface area contributed by atoms with Gasteiger partial charge in [-0.25, -0.2) is 0 Å². The van der Waals surface area contributed by atoms with E-state index < -0.39 is 0 Å². The molecule has 2 aliphatic rings. The Hall–Kier alpha value is -1.39. The van der Waals surface area contributed by atoms with Gasteiger partial charge in [0.1, 0.15) is 6.04 Å². The van der Waals surface area contributed by atoms with Gasteiger partial charge in [0, 0.05) is 13.1 Å². The van der Waals surface area contributed by atoms with Crippen LogP contribution in [0.2, 0.25) is 0 Å². The predicted molar refractivity (Wildman–Crippen MR) is 93.3 cm³/mol. The van der Waals surface area contributed by atoms with E-state index in [2.05, 4.69) is 35.3 Å². The maximum absolute atomic E-state index is 13.2. The molecule has 0 unspecified atom stereocenters. The summed E-state index contributed by atoms with van der Waals surface area (Å²) in [4.78, 5) is 17.3. The molecule has 0 radical (unpaired) electrons. The molecule has 2 saturated heterocycles. The largest absolute Gasteiger partial charge is 0.340 e. The van der Waals surface area contributed by atoms with Crippen LogP contribution in [-0.4, -0.2) is 56.0 Å². The van der Waals surface area contributed by atoms with Crippen molar-refractivity contribution in [3.63, 3.8) is 0 Å². The Morgan fingerprint density at radius 3 is 2.65 bits per heavy atom. The number of carbonyl (C=O) groups is 1. The number of rotatable bonds is 3. The maximum Gasteiger partial charge on any atom is 0.244 e. The molecule has 2 heterocycles. The van der Waals surface area contributed by atoms with E-state index in [1.165, 1.54) is 18.4 Å². The van der Waals surface area contributed by atoms with E-state index in [0.29, 0.717) is 5.41 Å². The average molecular weight is 315 g/mol.